The highest BCUT2D eigenvalue weighted by Gasteiger charge is 2.30. The number of ether oxygens (including phenoxy) is 1. The SMILES string of the molecule is CO[C@](C)(CNC(=O)[C@H]1CC=CCC1)c1ccccc1F. The molecule has 1 aromatic carbocycles. The van der Waals surface area contributed by atoms with Gasteiger partial charge < -0.3 is 10.1 Å². The highest BCUT2D eigenvalue weighted by molar-refractivity contribution is 5.79. The van der Waals surface area contributed by atoms with Crippen LogP contribution in [0.1, 0.15) is 31.7 Å². The average molecular weight is 291 g/mol. The Hall–Kier alpha value is -1.68. The zero-order chi connectivity index (χ0) is 15.3. The second kappa shape index (κ2) is 6.85. The van der Waals surface area contributed by atoms with E-state index < -0.39 is 5.60 Å². The van der Waals surface area contributed by atoms with Crippen molar-refractivity contribution in [3.05, 3.63) is 47.8 Å². The van der Waals surface area contributed by atoms with Gasteiger partial charge in [0.05, 0.1) is 6.54 Å². The van der Waals surface area contributed by atoms with Crippen LogP contribution in [0.4, 0.5) is 4.39 Å². The Morgan fingerprint density at radius 1 is 1.43 bits per heavy atom. The molecule has 0 spiro atoms. The monoisotopic (exact) mass is 291 g/mol. The van der Waals surface area contributed by atoms with Crippen molar-refractivity contribution in [3.63, 3.8) is 0 Å². The van der Waals surface area contributed by atoms with Crippen LogP contribution in [-0.4, -0.2) is 19.6 Å². The summed E-state index contributed by atoms with van der Waals surface area (Å²) >= 11 is 0. The van der Waals surface area contributed by atoms with Crippen LogP contribution < -0.4 is 5.32 Å². The van der Waals surface area contributed by atoms with Crippen LogP contribution in [0.5, 0.6) is 0 Å². The van der Waals surface area contributed by atoms with E-state index >= 15 is 0 Å². The first kappa shape index (κ1) is 15.7. The maximum atomic E-state index is 13.9. The molecule has 0 bridgehead atoms. The summed E-state index contributed by atoms with van der Waals surface area (Å²) in [5, 5.41) is 2.91. The molecule has 1 N–H and O–H groups in total. The van der Waals surface area contributed by atoms with Crippen molar-refractivity contribution in [1.82, 2.24) is 5.32 Å². The van der Waals surface area contributed by atoms with Gasteiger partial charge in [-0.3, -0.25) is 4.79 Å². The van der Waals surface area contributed by atoms with Crippen LogP contribution in [0, 0.1) is 11.7 Å². The molecule has 1 amide bonds. The van der Waals surface area contributed by atoms with E-state index in [1.54, 1.807) is 25.1 Å². The van der Waals surface area contributed by atoms with Gasteiger partial charge in [-0.05, 0) is 32.3 Å². The first-order valence-electron chi connectivity index (χ1n) is 7.29. The molecule has 3 nitrogen and oxygen atoms in total. The van der Waals surface area contributed by atoms with Gasteiger partial charge >= 0.3 is 0 Å². The van der Waals surface area contributed by atoms with Gasteiger partial charge in [0.1, 0.15) is 11.4 Å². The molecule has 0 aromatic heterocycles. The van der Waals surface area contributed by atoms with Gasteiger partial charge in [-0.1, -0.05) is 30.4 Å². The highest BCUT2D eigenvalue weighted by Crippen LogP contribution is 2.27. The minimum absolute atomic E-state index is 0.0109. The zero-order valence-corrected chi connectivity index (χ0v) is 12.6. The van der Waals surface area contributed by atoms with Crippen molar-refractivity contribution in [1.29, 1.82) is 0 Å². The molecule has 2 rings (SSSR count). The molecule has 0 unspecified atom stereocenters. The minimum atomic E-state index is -0.870. The van der Waals surface area contributed by atoms with E-state index in [2.05, 4.69) is 11.4 Å². The van der Waals surface area contributed by atoms with Gasteiger partial charge in [0, 0.05) is 18.6 Å². The second-order valence-electron chi connectivity index (χ2n) is 5.61. The van der Waals surface area contributed by atoms with Crippen molar-refractivity contribution in [3.8, 4) is 0 Å². The molecule has 0 aliphatic heterocycles. The predicted molar refractivity (Wildman–Crippen MR) is 80.3 cm³/mol. The number of methoxy groups -OCH3 is 1. The van der Waals surface area contributed by atoms with E-state index in [9.17, 15) is 9.18 Å². The van der Waals surface area contributed by atoms with Crippen LogP contribution in [0.15, 0.2) is 36.4 Å². The zero-order valence-electron chi connectivity index (χ0n) is 12.6. The van der Waals surface area contributed by atoms with E-state index in [0.717, 1.165) is 19.3 Å². The largest absolute Gasteiger partial charge is 0.372 e. The van der Waals surface area contributed by atoms with Crippen molar-refractivity contribution < 1.29 is 13.9 Å². The standard InChI is InChI=1S/C17H22FNO2/c1-17(21-2,14-10-6-7-11-15(14)18)12-19-16(20)13-8-4-3-5-9-13/h3-4,6-7,10-11,13H,5,8-9,12H2,1-2H3,(H,19,20)/t13-,17+/m0/s1. The summed E-state index contributed by atoms with van der Waals surface area (Å²) in [5.41, 5.74) is -0.415. The summed E-state index contributed by atoms with van der Waals surface area (Å²) in [5.74, 6) is -0.299. The maximum Gasteiger partial charge on any atom is 0.223 e. The fourth-order valence-electron chi connectivity index (χ4n) is 2.60. The van der Waals surface area contributed by atoms with E-state index in [1.165, 1.54) is 13.2 Å². The summed E-state index contributed by atoms with van der Waals surface area (Å²) in [6, 6.07) is 6.50. The van der Waals surface area contributed by atoms with Crippen molar-refractivity contribution in [2.45, 2.75) is 31.8 Å². The normalized spacial score (nSPS) is 20.8. The fourth-order valence-corrected chi connectivity index (χ4v) is 2.60. The molecule has 4 heteroatoms. The second-order valence-corrected chi connectivity index (χ2v) is 5.61. The Labute approximate surface area is 125 Å². The van der Waals surface area contributed by atoms with Gasteiger partial charge in [-0.25, -0.2) is 4.39 Å². The number of hydrogen-bond acceptors (Lipinski definition) is 2. The summed E-state index contributed by atoms with van der Waals surface area (Å²) in [6.07, 6.45) is 6.72. The molecule has 0 radical (unpaired) electrons. The summed E-state index contributed by atoms with van der Waals surface area (Å²) in [6.45, 7) is 2.04. The quantitative estimate of drug-likeness (QED) is 0.846. The number of halogens is 1. The van der Waals surface area contributed by atoms with Crippen LogP contribution >= 0.6 is 0 Å². The van der Waals surface area contributed by atoms with Crippen LogP contribution in [0.25, 0.3) is 0 Å². The fraction of sp³-hybridized carbons (Fsp3) is 0.471. The summed E-state index contributed by atoms with van der Waals surface area (Å²) in [4.78, 5) is 12.2. The van der Waals surface area contributed by atoms with Gasteiger partial charge in [0.15, 0.2) is 0 Å². The Morgan fingerprint density at radius 3 is 2.81 bits per heavy atom. The van der Waals surface area contributed by atoms with Crippen LogP contribution in [0.3, 0.4) is 0 Å². The summed E-state index contributed by atoms with van der Waals surface area (Å²) in [7, 11) is 1.53. The molecule has 0 saturated heterocycles. The van der Waals surface area contributed by atoms with Crippen LogP contribution in [0.2, 0.25) is 0 Å². The third kappa shape index (κ3) is 3.70. The Kier molecular flexibility index (Phi) is 5.12. The van der Waals surface area contributed by atoms with Gasteiger partial charge in [-0.15, -0.1) is 0 Å². The predicted octanol–water partition coefficient (Wildman–Crippen LogP) is 3.16. The smallest absolute Gasteiger partial charge is 0.223 e. The third-order valence-electron chi connectivity index (χ3n) is 4.13. The van der Waals surface area contributed by atoms with E-state index in [4.69, 9.17) is 4.74 Å². The number of carbonyl (C=O) groups excluding carboxylic acids is 1. The number of rotatable bonds is 5. The van der Waals surface area contributed by atoms with Crippen molar-refractivity contribution in [2.75, 3.05) is 13.7 Å². The molecule has 114 valence electrons. The lowest BCUT2D eigenvalue weighted by Gasteiger charge is -2.30. The molecule has 1 aliphatic carbocycles. The Balaban J connectivity index is 2.03. The lowest BCUT2D eigenvalue weighted by Crippen LogP contribution is -2.43. The number of hydrogen-bond donors (Lipinski definition) is 1. The van der Waals surface area contributed by atoms with E-state index in [1.807, 2.05) is 6.08 Å². The first-order valence-corrected chi connectivity index (χ1v) is 7.29. The number of allylic oxidation sites excluding steroid dienone is 2. The topological polar surface area (TPSA) is 38.3 Å². The number of amides is 1. The average Bonchev–Trinajstić information content (AvgIpc) is 2.53. The van der Waals surface area contributed by atoms with Gasteiger partial charge in [0.2, 0.25) is 5.91 Å². The van der Waals surface area contributed by atoms with E-state index in [0.29, 0.717) is 5.56 Å². The third-order valence-corrected chi connectivity index (χ3v) is 4.13. The lowest BCUT2D eigenvalue weighted by atomic mass is 9.92. The first-order chi connectivity index (χ1) is 10.1. The Bertz CT molecular complexity index is 529. The maximum absolute atomic E-state index is 13.9. The number of carbonyl (C=O) groups is 1. The van der Waals surface area contributed by atoms with Gasteiger partial charge in [-0.2, -0.15) is 0 Å². The lowest BCUT2D eigenvalue weighted by molar-refractivity contribution is -0.126. The molecular formula is C17H22FNO2. The van der Waals surface area contributed by atoms with Gasteiger partial charge in [0.25, 0.3) is 0 Å². The van der Waals surface area contributed by atoms with Crippen molar-refractivity contribution in [2.24, 2.45) is 5.92 Å². The number of benzene rings is 1. The minimum Gasteiger partial charge on any atom is -0.372 e. The highest BCUT2D eigenvalue weighted by atomic mass is 19.1. The van der Waals surface area contributed by atoms with E-state index in [-0.39, 0.29) is 24.2 Å². The van der Waals surface area contributed by atoms with Crippen molar-refractivity contribution >= 4 is 5.91 Å². The Morgan fingerprint density at radius 2 is 2.19 bits per heavy atom. The molecule has 1 aromatic rings. The molecule has 0 heterocycles. The molecule has 0 fully saturated rings. The number of nitrogens with one attached hydrogen (secondary N) is 1. The molecule has 21 heavy (non-hydrogen) atoms. The summed E-state index contributed by atoms with van der Waals surface area (Å²) < 4.78 is 19.4. The molecule has 2 atom stereocenters. The molecular weight excluding hydrogens is 269 g/mol. The molecule has 0 saturated carbocycles. The van der Waals surface area contributed by atoms with Crippen LogP contribution in [-0.2, 0) is 15.1 Å². The molecule has 1 aliphatic rings.